The normalized spacial score (nSPS) is 15.8. The van der Waals surface area contributed by atoms with Crippen molar-refractivity contribution in [2.45, 2.75) is 44.7 Å². The predicted octanol–water partition coefficient (Wildman–Crippen LogP) is 3.65. The van der Waals surface area contributed by atoms with Crippen molar-refractivity contribution in [3.05, 3.63) is 54.2 Å². The summed E-state index contributed by atoms with van der Waals surface area (Å²) in [6, 6.07) is 9.53. The third-order valence-corrected chi connectivity index (χ3v) is 4.07. The van der Waals surface area contributed by atoms with Crippen LogP contribution in [0.2, 0.25) is 0 Å². The quantitative estimate of drug-likeness (QED) is 0.861. The molecule has 0 spiro atoms. The lowest BCUT2D eigenvalue weighted by Gasteiger charge is -2.33. The maximum Gasteiger partial charge on any atom is 0.273 e. The van der Waals surface area contributed by atoms with Crippen molar-refractivity contribution in [3.8, 4) is 0 Å². The molecule has 4 heteroatoms. The Morgan fingerprint density at radius 1 is 1.19 bits per heavy atom. The van der Waals surface area contributed by atoms with Crippen molar-refractivity contribution >= 4 is 5.91 Å². The first-order valence-electron chi connectivity index (χ1n) is 7.59. The Hall–Kier alpha value is -2.10. The zero-order valence-electron chi connectivity index (χ0n) is 12.1. The average molecular weight is 284 g/mol. The number of hydrogen-bond acceptors (Lipinski definition) is 3. The molecule has 0 atom stereocenters. The van der Waals surface area contributed by atoms with E-state index in [1.54, 1.807) is 18.5 Å². The van der Waals surface area contributed by atoms with Crippen molar-refractivity contribution in [1.82, 2.24) is 9.88 Å². The second kappa shape index (κ2) is 6.57. The van der Waals surface area contributed by atoms with Crippen molar-refractivity contribution in [2.24, 2.45) is 0 Å². The van der Waals surface area contributed by atoms with E-state index in [0.717, 1.165) is 18.6 Å². The van der Waals surface area contributed by atoms with Crippen LogP contribution in [-0.2, 0) is 6.54 Å². The molecule has 0 saturated heterocycles. The van der Waals surface area contributed by atoms with Crippen LogP contribution in [0.5, 0.6) is 0 Å². The van der Waals surface area contributed by atoms with E-state index in [1.807, 2.05) is 29.2 Å². The van der Waals surface area contributed by atoms with Crippen LogP contribution in [-0.4, -0.2) is 21.8 Å². The minimum Gasteiger partial charge on any atom is -0.467 e. The van der Waals surface area contributed by atoms with Gasteiger partial charge >= 0.3 is 0 Å². The first kappa shape index (κ1) is 13.9. The van der Waals surface area contributed by atoms with Gasteiger partial charge in [-0.25, -0.2) is 0 Å². The molecular formula is C17H20N2O2. The van der Waals surface area contributed by atoms with E-state index in [0.29, 0.717) is 18.3 Å². The summed E-state index contributed by atoms with van der Waals surface area (Å²) in [6.45, 7) is 0.521. The van der Waals surface area contributed by atoms with Crippen molar-refractivity contribution in [2.75, 3.05) is 0 Å². The molecule has 0 bridgehead atoms. The van der Waals surface area contributed by atoms with Gasteiger partial charge in [-0.15, -0.1) is 0 Å². The van der Waals surface area contributed by atoms with E-state index in [9.17, 15) is 4.79 Å². The Bertz CT molecular complexity index is 560. The summed E-state index contributed by atoms with van der Waals surface area (Å²) < 4.78 is 5.43. The summed E-state index contributed by atoms with van der Waals surface area (Å²) in [6.07, 6.45) is 9.10. The van der Waals surface area contributed by atoms with E-state index in [1.165, 1.54) is 19.3 Å². The summed E-state index contributed by atoms with van der Waals surface area (Å²) in [5.41, 5.74) is 0.509. The Morgan fingerprint density at radius 2 is 2.05 bits per heavy atom. The fourth-order valence-corrected chi connectivity index (χ4v) is 2.97. The Morgan fingerprint density at radius 3 is 2.71 bits per heavy atom. The zero-order valence-corrected chi connectivity index (χ0v) is 12.1. The first-order valence-corrected chi connectivity index (χ1v) is 7.59. The van der Waals surface area contributed by atoms with Gasteiger partial charge in [0, 0.05) is 12.2 Å². The van der Waals surface area contributed by atoms with Gasteiger partial charge in [-0.05, 0) is 37.1 Å². The summed E-state index contributed by atoms with van der Waals surface area (Å²) in [7, 11) is 0. The second-order valence-corrected chi connectivity index (χ2v) is 5.52. The van der Waals surface area contributed by atoms with Crippen LogP contribution in [0.25, 0.3) is 0 Å². The van der Waals surface area contributed by atoms with Crippen molar-refractivity contribution in [3.63, 3.8) is 0 Å². The standard InChI is InChI=1S/C17H20N2O2/c20-17(16-10-4-5-11-18-16)19(13-15-9-6-12-21-15)14-7-2-1-3-8-14/h4-6,9-12,14H,1-3,7-8,13H2. The lowest BCUT2D eigenvalue weighted by molar-refractivity contribution is 0.0590. The van der Waals surface area contributed by atoms with Gasteiger partial charge in [-0.2, -0.15) is 0 Å². The summed E-state index contributed by atoms with van der Waals surface area (Å²) >= 11 is 0. The Balaban J connectivity index is 1.82. The second-order valence-electron chi connectivity index (χ2n) is 5.52. The molecule has 0 aromatic carbocycles. The van der Waals surface area contributed by atoms with E-state index in [4.69, 9.17) is 4.42 Å². The number of hydrogen-bond donors (Lipinski definition) is 0. The largest absolute Gasteiger partial charge is 0.467 e. The maximum absolute atomic E-state index is 12.8. The molecule has 2 heterocycles. The van der Waals surface area contributed by atoms with Gasteiger partial charge in [0.05, 0.1) is 12.8 Å². The highest BCUT2D eigenvalue weighted by Crippen LogP contribution is 2.25. The van der Waals surface area contributed by atoms with Crippen LogP contribution in [0.15, 0.2) is 47.2 Å². The molecule has 2 aromatic rings. The van der Waals surface area contributed by atoms with Gasteiger partial charge in [0.1, 0.15) is 11.5 Å². The fraction of sp³-hybridized carbons (Fsp3) is 0.412. The van der Waals surface area contributed by atoms with E-state index in [-0.39, 0.29) is 5.91 Å². The third-order valence-electron chi connectivity index (χ3n) is 4.07. The number of rotatable bonds is 4. The molecule has 2 aromatic heterocycles. The van der Waals surface area contributed by atoms with Crippen LogP contribution in [0, 0.1) is 0 Å². The van der Waals surface area contributed by atoms with Gasteiger partial charge in [0.15, 0.2) is 0 Å². The first-order chi connectivity index (χ1) is 10.3. The smallest absolute Gasteiger partial charge is 0.273 e. The number of nitrogens with zero attached hydrogens (tertiary/aromatic N) is 2. The van der Waals surface area contributed by atoms with Crippen LogP contribution >= 0.6 is 0 Å². The molecule has 1 amide bonds. The molecule has 1 saturated carbocycles. The molecule has 21 heavy (non-hydrogen) atoms. The molecule has 0 unspecified atom stereocenters. The summed E-state index contributed by atoms with van der Waals surface area (Å²) in [5, 5.41) is 0. The highest BCUT2D eigenvalue weighted by atomic mass is 16.3. The number of amides is 1. The topological polar surface area (TPSA) is 46.3 Å². The minimum atomic E-state index is -0.00102. The number of pyridine rings is 1. The molecule has 1 fully saturated rings. The monoisotopic (exact) mass is 284 g/mol. The lowest BCUT2D eigenvalue weighted by atomic mass is 9.94. The number of carbonyl (C=O) groups is 1. The van der Waals surface area contributed by atoms with Crippen molar-refractivity contribution < 1.29 is 9.21 Å². The minimum absolute atomic E-state index is 0.00102. The summed E-state index contributed by atoms with van der Waals surface area (Å²) in [4.78, 5) is 18.9. The van der Waals surface area contributed by atoms with Gasteiger partial charge in [-0.1, -0.05) is 25.3 Å². The fourth-order valence-electron chi connectivity index (χ4n) is 2.97. The highest BCUT2D eigenvalue weighted by molar-refractivity contribution is 5.92. The van der Waals surface area contributed by atoms with Crippen molar-refractivity contribution in [1.29, 1.82) is 0 Å². The molecule has 0 N–H and O–H groups in total. The van der Waals surface area contributed by atoms with Gasteiger partial charge in [-0.3, -0.25) is 9.78 Å². The molecular weight excluding hydrogens is 264 g/mol. The van der Waals surface area contributed by atoms with E-state index < -0.39 is 0 Å². The van der Waals surface area contributed by atoms with E-state index in [2.05, 4.69) is 4.98 Å². The molecule has 4 nitrogen and oxygen atoms in total. The molecule has 3 rings (SSSR count). The molecule has 1 aliphatic rings. The van der Waals surface area contributed by atoms with Crippen LogP contribution in [0.1, 0.15) is 48.4 Å². The van der Waals surface area contributed by atoms with E-state index >= 15 is 0 Å². The molecule has 1 aliphatic carbocycles. The lowest BCUT2D eigenvalue weighted by Crippen LogP contribution is -2.41. The molecule has 0 radical (unpaired) electrons. The van der Waals surface area contributed by atoms with Crippen LogP contribution < -0.4 is 0 Å². The zero-order chi connectivity index (χ0) is 14.5. The highest BCUT2D eigenvalue weighted by Gasteiger charge is 2.27. The molecule has 110 valence electrons. The number of carbonyl (C=O) groups excluding carboxylic acids is 1. The van der Waals surface area contributed by atoms with Gasteiger partial charge < -0.3 is 9.32 Å². The van der Waals surface area contributed by atoms with Crippen LogP contribution in [0.3, 0.4) is 0 Å². The Labute approximate surface area is 124 Å². The van der Waals surface area contributed by atoms with Gasteiger partial charge in [0.25, 0.3) is 5.91 Å². The van der Waals surface area contributed by atoms with Crippen LogP contribution in [0.4, 0.5) is 0 Å². The SMILES string of the molecule is O=C(c1ccccn1)N(Cc1ccco1)C1CCCCC1. The summed E-state index contributed by atoms with van der Waals surface area (Å²) in [5.74, 6) is 0.823. The van der Waals surface area contributed by atoms with Gasteiger partial charge in [0.2, 0.25) is 0 Å². The molecule has 0 aliphatic heterocycles. The third kappa shape index (κ3) is 3.32. The Kier molecular flexibility index (Phi) is 4.34. The number of furan rings is 1. The predicted molar refractivity (Wildman–Crippen MR) is 79.7 cm³/mol. The maximum atomic E-state index is 12.8. The average Bonchev–Trinajstić information content (AvgIpc) is 3.07. The number of aromatic nitrogens is 1.